The number of methoxy groups -OCH3 is 1. The zero-order valence-corrected chi connectivity index (χ0v) is 19.8. The number of ether oxygens (including phenoxy) is 1. The molecule has 1 aliphatic rings. The average molecular weight is 471 g/mol. The maximum absolute atomic E-state index is 13.4. The molecule has 3 aromatic rings. The van der Waals surface area contributed by atoms with Crippen LogP contribution in [-0.2, 0) is 17.6 Å². The van der Waals surface area contributed by atoms with Gasteiger partial charge in [0.25, 0.3) is 5.91 Å². The standard InChI is InChI=1S/C28H26N2O3S/c1-3-10-22-17-21(18-24(33-2)26(22)31)19-25-27(32)30(16-15-20-11-6-4-7-12-20)28(34-25)29-23-13-8-5-9-14-23/h3-9,11-14,17-19,31H,1,10,15-16H2,2H3/b25-19+,29-28?. The predicted molar refractivity (Wildman–Crippen MR) is 140 cm³/mol. The molecule has 1 N–H and O–H groups in total. The van der Waals surface area contributed by atoms with Crippen molar-refractivity contribution < 1.29 is 14.6 Å². The Morgan fingerprint density at radius 3 is 2.47 bits per heavy atom. The van der Waals surface area contributed by atoms with Crippen molar-refractivity contribution in [1.82, 2.24) is 4.90 Å². The molecule has 0 aromatic heterocycles. The average Bonchev–Trinajstić information content (AvgIpc) is 3.14. The van der Waals surface area contributed by atoms with Gasteiger partial charge in [-0.3, -0.25) is 9.69 Å². The molecule has 0 bridgehead atoms. The number of aromatic hydroxyl groups is 1. The number of nitrogens with zero attached hydrogens (tertiary/aromatic N) is 2. The number of amides is 1. The number of rotatable bonds is 8. The molecule has 3 aromatic carbocycles. The molecule has 0 atom stereocenters. The number of phenolic OH excluding ortho intramolecular Hbond substituents is 1. The van der Waals surface area contributed by atoms with E-state index in [0.29, 0.717) is 34.4 Å². The lowest BCUT2D eigenvalue weighted by molar-refractivity contribution is -0.122. The van der Waals surface area contributed by atoms with Gasteiger partial charge in [-0.25, -0.2) is 4.99 Å². The van der Waals surface area contributed by atoms with E-state index in [1.807, 2.05) is 60.7 Å². The second-order valence-electron chi connectivity index (χ2n) is 7.76. The molecule has 1 heterocycles. The van der Waals surface area contributed by atoms with Crippen molar-refractivity contribution in [3.05, 3.63) is 107 Å². The van der Waals surface area contributed by atoms with Crippen LogP contribution in [0.15, 0.2) is 95.3 Å². The van der Waals surface area contributed by atoms with E-state index in [9.17, 15) is 9.90 Å². The number of benzene rings is 3. The van der Waals surface area contributed by atoms with Crippen molar-refractivity contribution in [2.45, 2.75) is 12.8 Å². The minimum atomic E-state index is -0.0899. The summed E-state index contributed by atoms with van der Waals surface area (Å²) in [5.74, 6) is 0.361. The highest BCUT2D eigenvalue weighted by Gasteiger charge is 2.33. The summed E-state index contributed by atoms with van der Waals surface area (Å²) >= 11 is 1.35. The van der Waals surface area contributed by atoms with E-state index in [-0.39, 0.29) is 11.7 Å². The van der Waals surface area contributed by atoms with E-state index in [4.69, 9.17) is 9.73 Å². The number of carbonyl (C=O) groups is 1. The molecule has 1 fully saturated rings. The largest absolute Gasteiger partial charge is 0.504 e. The van der Waals surface area contributed by atoms with Gasteiger partial charge in [-0.05, 0) is 66.1 Å². The van der Waals surface area contributed by atoms with Crippen LogP contribution in [0, 0.1) is 0 Å². The topological polar surface area (TPSA) is 62.1 Å². The molecule has 5 nitrogen and oxygen atoms in total. The zero-order chi connectivity index (χ0) is 23.9. The van der Waals surface area contributed by atoms with Gasteiger partial charge in [0, 0.05) is 12.1 Å². The SMILES string of the molecule is C=CCc1cc(/C=C2/SC(=Nc3ccccc3)N(CCc3ccccc3)C2=O)cc(OC)c1O. The van der Waals surface area contributed by atoms with Crippen molar-refractivity contribution in [1.29, 1.82) is 0 Å². The first-order valence-corrected chi connectivity index (χ1v) is 11.8. The Morgan fingerprint density at radius 2 is 1.79 bits per heavy atom. The molecule has 0 radical (unpaired) electrons. The maximum Gasteiger partial charge on any atom is 0.266 e. The fraction of sp³-hybridized carbons (Fsp3) is 0.143. The van der Waals surface area contributed by atoms with Crippen LogP contribution in [0.3, 0.4) is 0 Å². The quantitative estimate of drug-likeness (QED) is 0.325. The Labute approximate surface area is 204 Å². The normalized spacial score (nSPS) is 15.8. The van der Waals surface area contributed by atoms with Gasteiger partial charge in [0.05, 0.1) is 17.7 Å². The number of hydrogen-bond donors (Lipinski definition) is 1. The van der Waals surface area contributed by atoms with Crippen LogP contribution in [0.1, 0.15) is 16.7 Å². The molecule has 1 amide bonds. The van der Waals surface area contributed by atoms with Crippen LogP contribution in [-0.4, -0.2) is 34.7 Å². The molecule has 1 aliphatic heterocycles. The summed E-state index contributed by atoms with van der Waals surface area (Å²) in [5, 5.41) is 11.0. The van der Waals surface area contributed by atoms with Gasteiger partial charge in [0.15, 0.2) is 16.7 Å². The second-order valence-corrected chi connectivity index (χ2v) is 8.77. The molecule has 34 heavy (non-hydrogen) atoms. The highest BCUT2D eigenvalue weighted by Crippen LogP contribution is 2.37. The first-order chi connectivity index (χ1) is 16.6. The smallest absolute Gasteiger partial charge is 0.266 e. The fourth-order valence-corrected chi connectivity index (χ4v) is 4.70. The fourth-order valence-electron chi connectivity index (χ4n) is 3.68. The van der Waals surface area contributed by atoms with Gasteiger partial charge in [-0.2, -0.15) is 0 Å². The predicted octanol–water partition coefficient (Wildman–Crippen LogP) is 5.98. The molecular weight excluding hydrogens is 444 g/mol. The van der Waals surface area contributed by atoms with Crippen LogP contribution in [0.25, 0.3) is 6.08 Å². The Hall–Kier alpha value is -3.77. The summed E-state index contributed by atoms with van der Waals surface area (Å²) < 4.78 is 5.33. The maximum atomic E-state index is 13.4. The summed E-state index contributed by atoms with van der Waals surface area (Å²) in [6, 6.07) is 23.3. The van der Waals surface area contributed by atoms with Crippen LogP contribution in [0.5, 0.6) is 11.5 Å². The van der Waals surface area contributed by atoms with Gasteiger partial charge >= 0.3 is 0 Å². The first kappa shape index (κ1) is 23.4. The van der Waals surface area contributed by atoms with Crippen LogP contribution >= 0.6 is 11.8 Å². The molecule has 1 saturated heterocycles. The third kappa shape index (κ3) is 5.41. The molecule has 0 spiro atoms. The van der Waals surface area contributed by atoms with Crippen molar-refractivity contribution in [3.63, 3.8) is 0 Å². The van der Waals surface area contributed by atoms with E-state index in [0.717, 1.165) is 23.2 Å². The molecule has 0 aliphatic carbocycles. The summed E-state index contributed by atoms with van der Waals surface area (Å²) in [6.45, 7) is 4.28. The third-order valence-electron chi connectivity index (χ3n) is 5.39. The summed E-state index contributed by atoms with van der Waals surface area (Å²) in [7, 11) is 1.51. The van der Waals surface area contributed by atoms with E-state index in [1.165, 1.54) is 18.9 Å². The number of aliphatic imine (C=N–C) groups is 1. The number of para-hydroxylation sites is 1. The van der Waals surface area contributed by atoms with E-state index in [1.54, 1.807) is 17.0 Å². The van der Waals surface area contributed by atoms with Crippen LogP contribution in [0.4, 0.5) is 5.69 Å². The summed E-state index contributed by atoms with van der Waals surface area (Å²) in [6.07, 6.45) is 4.76. The number of thioether (sulfide) groups is 1. The highest BCUT2D eigenvalue weighted by molar-refractivity contribution is 8.18. The lowest BCUT2D eigenvalue weighted by Crippen LogP contribution is -2.31. The molecule has 6 heteroatoms. The van der Waals surface area contributed by atoms with Crippen LogP contribution in [0.2, 0.25) is 0 Å². The van der Waals surface area contributed by atoms with E-state index in [2.05, 4.69) is 18.7 Å². The number of phenols is 1. The lowest BCUT2D eigenvalue weighted by atomic mass is 10.1. The Bertz CT molecular complexity index is 1240. The summed E-state index contributed by atoms with van der Waals surface area (Å²) in [4.78, 5) is 20.5. The monoisotopic (exact) mass is 470 g/mol. The Morgan fingerprint density at radius 1 is 1.09 bits per heavy atom. The van der Waals surface area contributed by atoms with Crippen molar-refractivity contribution >= 4 is 34.6 Å². The van der Waals surface area contributed by atoms with E-state index >= 15 is 0 Å². The molecule has 0 saturated carbocycles. The molecule has 4 rings (SSSR count). The minimum absolute atomic E-state index is 0.0887. The van der Waals surface area contributed by atoms with Crippen molar-refractivity contribution in [2.24, 2.45) is 4.99 Å². The lowest BCUT2D eigenvalue weighted by Gasteiger charge is -2.15. The van der Waals surface area contributed by atoms with Gasteiger partial charge < -0.3 is 9.84 Å². The number of carbonyl (C=O) groups excluding carboxylic acids is 1. The molecule has 0 unspecified atom stereocenters. The van der Waals surface area contributed by atoms with Gasteiger partial charge in [-0.1, -0.05) is 54.6 Å². The second kappa shape index (κ2) is 10.9. The van der Waals surface area contributed by atoms with Gasteiger partial charge in [-0.15, -0.1) is 6.58 Å². The van der Waals surface area contributed by atoms with Crippen LogP contribution < -0.4 is 4.74 Å². The van der Waals surface area contributed by atoms with Gasteiger partial charge in [0.1, 0.15) is 0 Å². The van der Waals surface area contributed by atoms with Crippen molar-refractivity contribution in [2.75, 3.05) is 13.7 Å². The zero-order valence-electron chi connectivity index (χ0n) is 19.0. The number of allylic oxidation sites excluding steroid dienone is 1. The first-order valence-electron chi connectivity index (χ1n) is 11.0. The highest BCUT2D eigenvalue weighted by atomic mass is 32.2. The Balaban J connectivity index is 1.68. The van der Waals surface area contributed by atoms with Gasteiger partial charge in [0.2, 0.25) is 0 Å². The number of amidine groups is 1. The number of hydrogen-bond acceptors (Lipinski definition) is 5. The van der Waals surface area contributed by atoms with E-state index < -0.39 is 0 Å². The molecule has 172 valence electrons. The Kier molecular flexibility index (Phi) is 7.50. The summed E-state index contributed by atoms with van der Waals surface area (Å²) in [5.41, 5.74) is 3.42. The minimum Gasteiger partial charge on any atom is -0.504 e. The van der Waals surface area contributed by atoms with Crippen molar-refractivity contribution in [3.8, 4) is 11.5 Å². The third-order valence-corrected chi connectivity index (χ3v) is 6.40. The molecular formula is C28H26N2O3S.